The van der Waals surface area contributed by atoms with Crippen LogP contribution in [0.3, 0.4) is 0 Å². The quantitative estimate of drug-likeness (QED) is 0.673. The van der Waals surface area contributed by atoms with E-state index in [-0.39, 0.29) is 11.8 Å². The molecule has 0 saturated carbocycles. The predicted molar refractivity (Wildman–Crippen MR) is 102 cm³/mol. The zero-order chi connectivity index (χ0) is 18.4. The largest absolute Gasteiger partial charge is 0.344 e. The molecule has 0 aliphatic rings. The van der Waals surface area contributed by atoms with Gasteiger partial charge in [-0.3, -0.25) is 20.0 Å². The molecule has 2 aromatic rings. The Balaban J connectivity index is 1.98. The maximum absolute atomic E-state index is 12.6. The van der Waals surface area contributed by atoms with Crippen LogP contribution >= 0.6 is 23.6 Å². The van der Waals surface area contributed by atoms with Crippen molar-refractivity contribution in [3.05, 3.63) is 39.8 Å². The SMILES string of the molecule is CC(C)(C)[C@H](NC(=O)CCc1ccccc1)C(=O)Nc1n[nH]c(=S)s1. The molecule has 0 radical (unpaired) electrons. The zero-order valence-corrected chi connectivity index (χ0v) is 16.1. The molecule has 0 bridgehead atoms. The van der Waals surface area contributed by atoms with E-state index in [1.807, 2.05) is 51.1 Å². The third-order valence-corrected chi connectivity index (χ3v) is 4.59. The molecule has 0 spiro atoms. The summed E-state index contributed by atoms with van der Waals surface area (Å²) in [6.07, 6.45) is 0.955. The average Bonchev–Trinajstić information content (AvgIpc) is 2.95. The minimum atomic E-state index is -0.673. The topological polar surface area (TPSA) is 86.9 Å². The van der Waals surface area contributed by atoms with Crippen LogP contribution in [0.2, 0.25) is 0 Å². The van der Waals surface area contributed by atoms with Gasteiger partial charge in [-0.15, -0.1) is 5.10 Å². The Morgan fingerprint density at radius 2 is 1.96 bits per heavy atom. The van der Waals surface area contributed by atoms with Crippen LogP contribution in [0, 0.1) is 9.37 Å². The number of H-pyrrole nitrogens is 1. The van der Waals surface area contributed by atoms with Gasteiger partial charge in [0.1, 0.15) is 6.04 Å². The van der Waals surface area contributed by atoms with Gasteiger partial charge >= 0.3 is 0 Å². The van der Waals surface area contributed by atoms with Crippen LogP contribution in [0.25, 0.3) is 0 Å². The molecule has 25 heavy (non-hydrogen) atoms. The normalized spacial score (nSPS) is 12.4. The summed E-state index contributed by atoms with van der Waals surface area (Å²) < 4.78 is 0.481. The second-order valence-electron chi connectivity index (χ2n) is 6.76. The van der Waals surface area contributed by atoms with Crippen molar-refractivity contribution in [3.8, 4) is 0 Å². The van der Waals surface area contributed by atoms with E-state index >= 15 is 0 Å². The molecule has 6 nitrogen and oxygen atoms in total. The van der Waals surface area contributed by atoms with Crippen LogP contribution < -0.4 is 10.6 Å². The fourth-order valence-electron chi connectivity index (χ4n) is 2.27. The van der Waals surface area contributed by atoms with Gasteiger partial charge in [-0.2, -0.15) is 0 Å². The van der Waals surface area contributed by atoms with Crippen LogP contribution in [0.5, 0.6) is 0 Å². The van der Waals surface area contributed by atoms with Gasteiger partial charge in [0, 0.05) is 6.42 Å². The minimum absolute atomic E-state index is 0.159. The zero-order valence-electron chi connectivity index (χ0n) is 14.5. The van der Waals surface area contributed by atoms with E-state index in [4.69, 9.17) is 12.2 Å². The number of hydrogen-bond acceptors (Lipinski definition) is 5. The Bertz CT molecular complexity index is 778. The third kappa shape index (κ3) is 6.06. The standard InChI is InChI=1S/C17H22N4O2S2/c1-17(2,3)13(14(23)19-15-20-21-16(24)25-15)18-12(22)10-9-11-7-5-4-6-8-11/h4-8,13H,9-10H2,1-3H3,(H,18,22)(H,21,24)(H,19,20,23)/t13-/m1/s1. The maximum Gasteiger partial charge on any atom is 0.249 e. The molecule has 0 unspecified atom stereocenters. The van der Waals surface area contributed by atoms with Crippen molar-refractivity contribution in [1.29, 1.82) is 0 Å². The highest BCUT2D eigenvalue weighted by molar-refractivity contribution is 7.73. The van der Waals surface area contributed by atoms with Gasteiger partial charge in [0.15, 0.2) is 3.95 Å². The highest BCUT2D eigenvalue weighted by Gasteiger charge is 2.33. The summed E-state index contributed by atoms with van der Waals surface area (Å²) >= 11 is 6.13. The van der Waals surface area contributed by atoms with E-state index in [0.29, 0.717) is 21.9 Å². The Labute approximate surface area is 156 Å². The summed E-state index contributed by atoms with van der Waals surface area (Å²) in [5.74, 6) is -0.466. The Kier molecular flexibility index (Phi) is 6.44. The Morgan fingerprint density at radius 3 is 2.52 bits per heavy atom. The number of aromatic nitrogens is 2. The first-order valence-electron chi connectivity index (χ1n) is 7.95. The number of nitrogens with one attached hydrogen (secondary N) is 3. The van der Waals surface area contributed by atoms with Crippen molar-refractivity contribution < 1.29 is 9.59 Å². The number of carbonyl (C=O) groups is 2. The van der Waals surface area contributed by atoms with Gasteiger partial charge in [-0.1, -0.05) is 62.4 Å². The van der Waals surface area contributed by atoms with Crippen molar-refractivity contribution in [2.75, 3.05) is 5.32 Å². The lowest BCUT2D eigenvalue weighted by Crippen LogP contribution is -2.51. The molecule has 2 rings (SSSR count). The average molecular weight is 379 g/mol. The number of carbonyl (C=O) groups excluding carboxylic acids is 2. The highest BCUT2D eigenvalue weighted by Crippen LogP contribution is 2.22. The van der Waals surface area contributed by atoms with Gasteiger partial charge in [0.05, 0.1) is 0 Å². The van der Waals surface area contributed by atoms with Crippen molar-refractivity contribution in [3.63, 3.8) is 0 Å². The molecule has 0 aliphatic carbocycles. The van der Waals surface area contributed by atoms with Crippen LogP contribution in [0.1, 0.15) is 32.8 Å². The number of hydrogen-bond donors (Lipinski definition) is 3. The minimum Gasteiger partial charge on any atom is -0.344 e. The summed E-state index contributed by atoms with van der Waals surface area (Å²) in [6, 6.07) is 9.11. The molecule has 1 aromatic carbocycles. The molecule has 1 heterocycles. The summed E-state index contributed by atoms with van der Waals surface area (Å²) in [5, 5.41) is 12.5. The molecular formula is C17H22N4O2S2. The van der Waals surface area contributed by atoms with Crippen molar-refractivity contribution in [1.82, 2.24) is 15.5 Å². The number of aromatic amines is 1. The molecule has 134 valence electrons. The fourth-order valence-corrected chi connectivity index (χ4v) is 3.06. The number of benzene rings is 1. The molecule has 0 saturated heterocycles. The van der Waals surface area contributed by atoms with Crippen LogP contribution in [-0.4, -0.2) is 28.1 Å². The number of rotatable bonds is 6. The molecule has 1 atom stereocenters. The number of aryl methyl sites for hydroxylation is 1. The first kappa shape index (κ1) is 19.3. The monoisotopic (exact) mass is 378 g/mol. The number of amides is 2. The third-order valence-electron chi connectivity index (χ3n) is 3.59. The van der Waals surface area contributed by atoms with E-state index in [9.17, 15) is 9.59 Å². The van der Waals surface area contributed by atoms with Crippen molar-refractivity contribution in [2.45, 2.75) is 39.7 Å². The van der Waals surface area contributed by atoms with Gasteiger partial charge in [0.2, 0.25) is 16.9 Å². The van der Waals surface area contributed by atoms with Crippen molar-refractivity contribution in [2.24, 2.45) is 5.41 Å². The van der Waals surface area contributed by atoms with E-state index in [1.54, 1.807) is 0 Å². The van der Waals surface area contributed by atoms with Crippen LogP contribution in [0.15, 0.2) is 30.3 Å². The molecular weight excluding hydrogens is 356 g/mol. The molecule has 3 N–H and O–H groups in total. The summed E-state index contributed by atoms with van der Waals surface area (Å²) in [5.41, 5.74) is 0.648. The molecule has 0 aliphatic heterocycles. The van der Waals surface area contributed by atoms with Gasteiger partial charge in [-0.05, 0) is 29.6 Å². The lowest BCUT2D eigenvalue weighted by molar-refractivity contribution is -0.128. The maximum atomic E-state index is 12.6. The first-order valence-corrected chi connectivity index (χ1v) is 9.18. The second kappa shape index (κ2) is 8.35. The smallest absolute Gasteiger partial charge is 0.249 e. The van der Waals surface area contributed by atoms with Crippen molar-refractivity contribution >= 4 is 40.5 Å². The fraction of sp³-hybridized carbons (Fsp3) is 0.412. The van der Waals surface area contributed by atoms with E-state index < -0.39 is 11.5 Å². The summed E-state index contributed by atoms with van der Waals surface area (Å²) in [6.45, 7) is 5.71. The van der Waals surface area contributed by atoms with E-state index in [0.717, 1.165) is 5.56 Å². The van der Waals surface area contributed by atoms with Crippen LogP contribution in [0.4, 0.5) is 5.13 Å². The van der Waals surface area contributed by atoms with E-state index in [1.165, 1.54) is 11.3 Å². The molecule has 8 heteroatoms. The van der Waals surface area contributed by atoms with Gasteiger partial charge in [0.25, 0.3) is 0 Å². The van der Waals surface area contributed by atoms with Crippen LogP contribution in [-0.2, 0) is 16.0 Å². The Morgan fingerprint density at radius 1 is 1.28 bits per heavy atom. The number of anilines is 1. The molecule has 0 fully saturated rings. The summed E-state index contributed by atoms with van der Waals surface area (Å²) in [7, 11) is 0. The molecule has 1 aromatic heterocycles. The summed E-state index contributed by atoms with van der Waals surface area (Å²) in [4.78, 5) is 24.9. The predicted octanol–water partition coefficient (Wildman–Crippen LogP) is 3.30. The Hall–Kier alpha value is -2.06. The van der Waals surface area contributed by atoms with Gasteiger partial charge < -0.3 is 5.32 Å². The van der Waals surface area contributed by atoms with E-state index in [2.05, 4.69) is 20.8 Å². The van der Waals surface area contributed by atoms with Gasteiger partial charge in [-0.25, -0.2) is 0 Å². The lowest BCUT2D eigenvalue weighted by Gasteiger charge is -2.30. The number of nitrogens with zero attached hydrogens (tertiary/aromatic N) is 1. The highest BCUT2D eigenvalue weighted by atomic mass is 32.1. The lowest BCUT2D eigenvalue weighted by atomic mass is 9.86. The second-order valence-corrected chi connectivity index (χ2v) is 8.43. The first-order chi connectivity index (χ1) is 11.8. The molecule has 2 amide bonds.